The Balaban J connectivity index is 2.72. The maximum absolute atomic E-state index is 11.5. The highest BCUT2D eigenvalue weighted by molar-refractivity contribution is 6.45. The molecule has 94 valence electrons. The minimum Gasteiger partial charge on any atom is -0.350 e. The second kappa shape index (κ2) is 7.30. The van der Waals surface area contributed by atoms with Crippen LogP contribution in [0.5, 0.6) is 0 Å². The summed E-state index contributed by atoms with van der Waals surface area (Å²) in [5, 5.41) is 15.6. The third-order valence-corrected chi connectivity index (χ3v) is 2.35. The molecule has 0 heterocycles. The number of para-hydroxylation sites is 1. The Bertz CT molecular complexity index is 493. The lowest BCUT2D eigenvalue weighted by molar-refractivity contribution is -0.114. The number of benzene rings is 1. The van der Waals surface area contributed by atoms with E-state index in [0.717, 1.165) is 6.42 Å². The van der Waals surface area contributed by atoms with Crippen molar-refractivity contribution in [1.29, 1.82) is 5.26 Å². The van der Waals surface area contributed by atoms with Crippen molar-refractivity contribution >= 4 is 28.9 Å². The Morgan fingerprint density at radius 1 is 1.50 bits per heavy atom. The monoisotopic (exact) mass is 264 g/mol. The number of carbonyl (C=O) groups excluding carboxylic acids is 1. The predicted molar refractivity (Wildman–Crippen MR) is 71.4 cm³/mol. The molecule has 18 heavy (non-hydrogen) atoms. The first kappa shape index (κ1) is 14.0. The number of halogens is 1. The molecule has 0 bridgehead atoms. The molecule has 0 saturated carbocycles. The fourth-order valence-corrected chi connectivity index (χ4v) is 1.29. The summed E-state index contributed by atoms with van der Waals surface area (Å²) >= 11 is 5.90. The lowest BCUT2D eigenvalue weighted by Gasteiger charge is -2.04. The number of carbonyl (C=O) groups is 1. The number of nitrogens with zero attached hydrogens (tertiary/aromatic N) is 2. The summed E-state index contributed by atoms with van der Waals surface area (Å²) in [6.45, 7) is 2.43. The number of hydrogen-bond acceptors (Lipinski definition) is 4. The molecule has 0 radical (unpaired) electrons. The number of anilines is 1. The first-order chi connectivity index (χ1) is 8.69. The topological polar surface area (TPSA) is 77.3 Å². The van der Waals surface area contributed by atoms with Gasteiger partial charge in [-0.05, 0) is 18.6 Å². The van der Waals surface area contributed by atoms with Crippen molar-refractivity contribution in [1.82, 2.24) is 5.32 Å². The van der Waals surface area contributed by atoms with E-state index in [0.29, 0.717) is 17.3 Å². The first-order valence-corrected chi connectivity index (χ1v) is 5.83. The predicted octanol–water partition coefficient (Wildman–Crippen LogP) is 2.16. The average Bonchev–Trinajstić information content (AvgIpc) is 2.39. The third-order valence-electron chi connectivity index (χ3n) is 2.02. The van der Waals surface area contributed by atoms with Gasteiger partial charge in [-0.1, -0.05) is 30.7 Å². The fraction of sp³-hybridized carbons (Fsp3) is 0.250. The van der Waals surface area contributed by atoms with E-state index in [2.05, 4.69) is 15.8 Å². The van der Waals surface area contributed by atoms with Crippen molar-refractivity contribution in [2.75, 3.05) is 12.0 Å². The van der Waals surface area contributed by atoms with Gasteiger partial charge in [0.05, 0.1) is 10.7 Å². The maximum Gasteiger partial charge on any atom is 0.282 e. The third kappa shape index (κ3) is 4.07. The van der Waals surface area contributed by atoms with Gasteiger partial charge >= 0.3 is 0 Å². The van der Waals surface area contributed by atoms with Crippen LogP contribution in [0.3, 0.4) is 0 Å². The van der Waals surface area contributed by atoms with Crippen molar-refractivity contribution in [2.45, 2.75) is 13.3 Å². The number of amides is 1. The van der Waals surface area contributed by atoms with Crippen LogP contribution in [-0.4, -0.2) is 18.2 Å². The number of hydrazone groups is 1. The van der Waals surface area contributed by atoms with E-state index < -0.39 is 5.91 Å². The van der Waals surface area contributed by atoms with Crippen LogP contribution in [0, 0.1) is 11.3 Å². The molecule has 0 unspecified atom stereocenters. The second-order valence-electron chi connectivity index (χ2n) is 3.42. The van der Waals surface area contributed by atoms with E-state index in [4.69, 9.17) is 16.9 Å². The minimum absolute atomic E-state index is 0.233. The molecule has 0 aliphatic heterocycles. The first-order valence-electron chi connectivity index (χ1n) is 5.45. The van der Waals surface area contributed by atoms with Crippen molar-refractivity contribution in [2.24, 2.45) is 5.10 Å². The van der Waals surface area contributed by atoms with E-state index >= 15 is 0 Å². The summed E-state index contributed by atoms with van der Waals surface area (Å²) < 4.78 is 0. The lowest BCUT2D eigenvalue weighted by atomic mass is 10.3. The average molecular weight is 265 g/mol. The van der Waals surface area contributed by atoms with E-state index in [1.54, 1.807) is 30.3 Å². The summed E-state index contributed by atoms with van der Waals surface area (Å²) in [6.07, 6.45) is 0.794. The molecule has 6 heteroatoms. The highest BCUT2D eigenvalue weighted by Crippen LogP contribution is 2.20. The smallest absolute Gasteiger partial charge is 0.282 e. The van der Waals surface area contributed by atoms with Gasteiger partial charge in [-0.3, -0.25) is 10.2 Å². The van der Waals surface area contributed by atoms with Crippen LogP contribution in [0.4, 0.5) is 5.69 Å². The molecule has 1 aromatic carbocycles. The largest absolute Gasteiger partial charge is 0.350 e. The highest BCUT2D eigenvalue weighted by Gasteiger charge is 2.09. The van der Waals surface area contributed by atoms with Gasteiger partial charge in [0.15, 0.2) is 0 Å². The summed E-state index contributed by atoms with van der Waals surface area (Å²) in [7, 11) is 0. The number of nitrogens with one attached hydrogen (secondary N) is 2. The lowest BCUT2D eigenvalue weighted by Crippen LogP contribution is -2.31. The molecule has 0 aliphatic carbocycles. The Morgan fingerprint density at radius 2 is 2.22 bits per heavy atom. The second-order valence-corrected chi connectivity index (χ2v) is 3.83. The Labute approximate surface area is 110 Å². The molecular weight excluding hydrogens is 252 g/mol. The molecular formula is C12H13ClN4O. The number of hydrogen-bond donors (Lipinski definition) is 2. The van der Waals surface area contributed by atoms with E-state index in [1.807, 2.05) is 6.92 Å². The molecule has 0 atom stereocenters. The summed E-state index contributed by atoms with van der Waals surface area (Å²) in [5.41, 5.74) is 2.90. The SMILES string of the molecule is CCCNC(=O)/C(C#N)=N/Nc1ccccc1Cl. The van der Waals surface area contributed by atoms with Gasteiger partial charge in [0, 0.05) is 6.54 Å². The van der Waals surface area contributed by atoms with Crippen LogP contribution in [-0.2, 0) is 4.79 Å². The van der Waals surface area contributed by atoms with Crippen molar-refractivity contribution in [3.8, 4) is 6.07 Å². The Kier molecular flexibility index (Phi) is 5.68. The van der Waals surface area contributed by atoms with E-state index in [-0.39, 0.29) is 5.71 Å². The zero-order valence-corrected chi connectivity index (χ0v) is 10.7. The molecule has 0 spiro atoms. The Hall–Kier alpha value is -2.06. The molecule has 0 saturated heterocycles. The van der Waals surface area contributed by atoms with E-state index in [9.17, 15) is 4.79 Å². The van der Waals surface area contributed by atoms with Crippen molar-refractivity contribution in [3.05, 3.63) is 29.3 Å². The summed E-state index contributed by atoms with van der Waals surface area (Å²) in [5.74, 6) is -0.501. The van der Waals surface area contributed by atoms with Crippen LogP contribution in [0.25, 0.3) is 0 Å². The number of nitriles is 1. The zero-order valence-electron chi connectivity index (χ0n) is 9.90. The summed E-state index contributed by atoms with van der Waals surface area (Å²) in [4.78, 5) is 11.5. The van der Waals surface area contributed by atoms with Crippen LogP contribution in [0.2, 0.25) is 5.02 Å². The van der Waals surface area contributed by atoms with Gasteiger partial charge in [-0.15, -0.1) is 0 Å². The molecule has 0 aromatic heterocycles. The van der Waals surface area contributed by atoms with Gasteiger partial charge in [0.25, 0.3) is 5.91 Å². The van der Waals surface area contributed by atoms with Crippen LogP contribution >= 0.6 is 11.6 Å². The molecule has 0 aliphatic rings. The molecule has 1 amide bonds. The van der Waals surface area contributed by atoms with Crippen molar-refractivity contribution in [3.63, 3.8) is 0 Å². The van der Waals surface area contributed by atoms with Crippen LogP contribution < -0.4 is 10.7 Å². The molecule has 5 nitrogen and oxygen atoms in total. The minimum atomic E-state index is -0.501. The normalized spacial score (nSPS) is 10.6. The summed E-state index contributed by atoms with van der Waals surface area (Å²) in [6, 6.07) is 8.66. The molecule has 1 aromatic rings. The fourth-order valence-electron chi connectivity index (χ4n) is 1.12. The van der Waals surface area contributed by atoms with Gasteiger partial charge in [0.1, 0.15) is 6.07 Å². The van der Waals surface area contributed by atoms with E-state index in [1.165, 1.54) is 0 Å². The van der Waals surface area contributed by atoms with Gasteiger partial charge in [-0.2, -0.15) is 10.4 Å². The maximum atomic E-state index is 11.5. The zero-order chi connectivity index (χ0) is 13.4. The van der Waals surface area contributed by atoms with Crippen LogP contribution in [0.15, 0.2) is 29.4 Å². The van der Waals surface area contributed by atoms with Crippen LogP contribution in [0.1, 0.15) is 13.3 Å². The molecule has 2 N–H and O–H groups in total. The quantitative estimate of drug-likeness (QED) is 0.632. The molecule has 0 fully saturated rings. The van der Waals surface area contributed by atoms with Gasteiger partial charge < -0.3 is 5.32 Å². The number of rotatable bonds is 5. The molecule has 1 rings (SSSR count). The van der Waals surface area contributed by atoms with Gasteiger partial charge in [0.2, 0.25) is 5.71 Å². The van der Waals surface area contributed by atoms with Crippen molar-refractivity contribution < 1.29 is 4.79 Å². The standard InChI is InChI=1S/C12H13ClN4O/c1-2-7-15-12(18)11(8-14)17-16-10-6-4-3-5-9(10)13/h3-6,16H,2,7H2,1H3,(H,15,18)/b17-11+. The highest BCUT2D eigenvalue weighted by atomic mass is 35.5. The van der Waals surface area contributed by atoms with Gasteiger partial charge in [-0.25, -0.2) is 0 Å². The Morgan fingerprint density at radius 3 is 2.83 bits per heavy atom.